The zero-order chi connectivity index (χ0) is 15.5. The van der Waals surface area contributed by atoms with Crippen molar-refractivity contribution in [2.75, 3.05) is 20.2 Å². The van der Waals surface area contributed by atoms with Crippen LogP contribution in [0.2, 0.25) is 0 Å². The van der Waals surface area contributed by atoms with E-state index in [1.807, 2.05) is 6.92 Å². The van der Waals surface area contributed by atoms with Crippen LogP contribution in [-0.2, 0) is 11.3 Å². The summed E-state index contributed by atoms with van der Waals surface area (Å²) in [4.78, 5) is 13.7. The lowest BCUT2D eigenvalue weighted by Gasteiger charge is -2.39. The van der Waals surface area contributed by atoms with Crippen molar-refractivity contribution in [2.45, 2.75) is 32.7 Å². The van der Waals surface area contributed by atoms with Crippen molar-refractivity contribution >= 4 is 5.97 Å². The first-order chi connectivity index (χ1) is 10.0. The summed E-state index contributed by atoms with van der Waals surface area (Å²) >= 11 is 0. The largest absolute Gasteiger partial charge is 0.496 e. The van der Waals surface area contributed by atoms with Gasteiger partial charge in [0.25, 0.3) is 0 Å². The van der Waals surface area contributed by atoms with Crippen molar-refractivity contribution in [1.82, 2.24) is 4.90 Å². The minimum atomic E-state index is -0.735. The molecule has 0 radical (unpaired) electrons. The van der Waals surface area contributed by atoms with Gasteiger partial charge in [0, 0.05) is 18.7 Å². The van der Waals surface area contributed by atoms with Crippen LogP contribution >= 0.6 is 0 Å². The third-order valence-electron chi connectivity index (χ3n) is 4.42. The first-order valence-electron chi connectivity index (χ1n) is 7.29. The highest BCUT2D eigenvalue weighted by Crippen LogP contribution is 2.35. The summed E-state index contributed by atoms with van der Waals surface area (Å²) in [5.41, 5.74) is 0.0773. The first kappa shape index (κ1) is 15.8. The van der Waals surface area contributed by atoms with Gasteiger partial charge in [-0.3, -0.25) is 9.69 Å². The molecule has 1 atom stereocenters. The van der Waals surface area contributed by atoms with Crippen LogP contribution in [0.3, 0.4) is 0 Å². The Morgan fingerprint density at radius 1 is 1.52 bits per heavy atom. The number of ether oxygens (including phenoxy) is 1. The van der Waals surface area contributed by atoms with Gasteiger partial charge in [-0.2, -0.15) is 0 Å². The normalized spacial score (nSPS) is 23.0. The molecule has 4 nitrogen and oxygen atoms in total. The van der Waals surface area contributed by atoms with Crippen molar-refractivity contribution in [3.63, 3.8) is 0 Å². The molecule has 1 aliphatic rings. The molecule has 0 aromatic heterocycles. The van der Waals surface area contributed by atoms with E-state index in [0.717, 1.165) is 18.5 Å². The number of likely N-dealkylation sites (tertiary alicyclic amines) is 1. The van der Waals surface area contributed by atoms with Gasteiger partial charge in [0.15, 0.2) is 0 Å². The minimum Gasteiger partial charge on any atom is -0.496 e. The molecule has 0 aliphatic carbocycles. The predicted molar refractivity (Wildman–Crippen MR) is 77.8 cm³/mol. The lowest BCUT2D eigenvalue weighted by molar-refractivity contribution is -0.153. The van der Waals surface area contributed by atoms with Crippen LogP contribution < -0.4 is 4.74 Å². The molecule has 1 N–H and O–H groups in total. The maximum absolute atomic E-state index is 13.4. The molecule has 1 aromatic carbocycles. The van der Waals surface area contributed by atoms with Crippen LogP contribution in [-0.4, -0.2) is 36.2 Å². The summed E-state index contributed by atoms with van der Waals surface area (Å²) in [6.45, 7) is 3.75. The van der Waals surface area contributed by atoms with Gasteiger partial charge < -0.3 is 9.84 Å². The molecule has 0 unspecified atom stereocenters. The van der Waals surface area contributed by atoms with Gasteiger partial charge in [0.2, 0.25) is 0 Å². The molecular weight excluding hydrogens is 273 g/mol. The fourth-order valence-corrected chi connectivity index (χ4v) is 3.09. The number of benzene rings is 1. The fraction of sp³-hybridized carbons (Fsp3) is 0.562. The second-order valence-corrected chi connectivity index (χ2v) is 5.71. The Kier molecular flexibility index (Phi) is 4.83. The van der Waals surface area contributed by atoms with Crippen LogP contribution in [0.4, 0.5) is 4.39 Å². The van der Waals surface area contributed by atoms with Crippen molar-refractivity contribution in [1.29, 1.82) is 0 Å². The van der Waals surface area contributed by atoms with Crippen LogP contribution in [0.1, 0.15) is 31.7 Å². The summed E-state index contributed by atoms with van der Waals surface area (Å²) in [5.74, 6) is -0.400. The van der Waals surface area contributed by atoms with E-state index in [2.05, 4.69) is 4.90 Å². The third kappa shape index (κ3) is 3.35. The number of carboxylic acids is 1. The maximum Gasteiger partial charge on any atom is 0.310 e. The lowest BCUT2D eigenvalue weighted by atomic mass is 9.77. The van der Waals surface area contributed by atoms with Crippen LogP contribution in [0, 0.1) is 11.2 Å². The van der Waals surface area contributed by atoms with E-state index in [1.54, 1.807) is 13.2 Å². The van der Waals surface area contributed by atoms with Gasteiger partial charge in [-0.25, -0.2) is 4.39 Å². The van der Waals surface area contributed by atoms with E-state index in [1.165, 1.54) is 12.1 Å². The Bertz CT molecular complexity index is 520. The molecule has 0 spiro atoms. The van der Waals surface area contributed by atoms with E-state index in [0.29, 0.717) is 31.7 Å². The molecule has 0 amide bonds. The summed E-state index contributed by atoms with van der Waals surface area (Å²) in [6.07, 6.45) is 2.16. The molecule has 0 saturated carbocycles. The Morgan fingerprint density at radius 3 is 2.90 bits per heavy atom. The number of nitrogens with zero attached hydrogens (tertiary/aromatic N) is 1. The summed E-state index contributed by atoms with van der Waals surface area (Å²) in [7, 11) is 1.56. The highest BCUT2D eigenvalue weighted by atomic mass is 19.1. The minimum absolute atomic E-state index is 0.303. The van der Waals surface area contributed by atoms with E-state index in [-0.39, 0.29) is 5.82 Å². The smallest absolute Gasteiger partial charge is 0.310 e. The van der Waals surface area contributed by atoms with Crippen LogP contribution in [0.5, 0.6) is 5.75 Å². The van der Waals surface area contributed by atoms with E-state index >= 15 is 0 Å². The fourth-order valence-electron chi connectivity index (χ4n) is 3.09. The zero-order valence-corrected chi connectivity index (χ0v) is 12.6. The molecule has 1 saturated heterocycles. The summed E-state index contributed by atoms with van der Waals surface area (Å²) in [6, 6.07) is 4.44. The Balaban J connectivity index is 2.16. The SMILES string of the molecule is CC[C@]1(C(=O)O)CCCN(Cc2cc(F)ccc2OC)C1. The highest BCUT2D eigenvalue weighted by molar-refractivity contribution is 5.75. The first-order valence-corrected chi connectivity index (χ1v) is 7.29. The van der Waals surface area contributed by atoms with Gasteiger partial charge in [-0.1, -0.05) is 6.92 Å². The van der Waals surface area contributed by atoms with Crippen LogP contribution in [0.15, 0.2) is 18.2 Å². The average molecular weight is 295 g/mol. The Hall–Kier alpha value is -1.62. The van der Waals surface area contributed by atoms with Crippen molar-refractivity contribution in [3.8, 4) is 5.75 Å². The Morgan fingerprint density at radius 2 is 2.29 bits per heavy atom. The van der Waals surface area contributed by atoms with E-state index in [4.69, 9.17) is 4.74 Å². The molecule has 1 aliphatic heterocycles. The molecule has 21 heavy (non-hydrogen) atoms. The number of carboxylic acid groups (broad SMARTS) is 1. The van der Waals surface area contributed by atoms with Gasteiger partial charge in [0.1, 0.15) is 11.6 Å². The number of halogens is 1. The summed E-state index contributed by atoms with van der Waals surface area (Å²) in [5, 5.41) is 9.51. The number of piperidine rings is 1. The quantitative estimate of drug-likeness (QED) is 0.907. The number of rotatable bonds is 5. The van der Waals surface area contributed by atoms with Gasteiger partial charge in [-0.15, -0.1) is 0 Å². The van der Waals surface area contributed by atoms with Crippen LogP contribution in [0.25, 0.3) is 0 Å². The highest BCUT2D eigenvalue weighted by Gasteiger charge is 2.40. The van der Waals surface area contributed by atoms with Crippen molar-refractivity contribution in [2.24, 2.45) is 5.41 Å². The standard InChI is InChI=1S/C16H22FNO3/c1-3-16(15(19)20)7-4-8-18(11-16)10-12-9-13(17)5-6-14(12)21-2/h5-6,9H,3-4,7-8,10-11H2,1-2H3,(H,19,20)/t16-/m0/s1. The zero-order valence-electron chi connectivity index (χ0n) is 12.6. The number of aliphatic carboxylic acids is 1. The summed E-state index contributed by atoms with van der Waals surface area (Å²) < 4.78 is 18.7. The molecular formula is C16H22FNO3. The molecule has 1 aromatic rings. The van der Waals surface area contributed by atoms with E-state index in [9.17, 15) is 14.3 Å². The number of methoxy groups -OCH3 is 1. The molecule has 2 rings (SSSR count). The maximum atomic E-state index is 13.4. The molecule has 1 fully saturated rings. The number of carbonyl (C=O) groups is 1. The van der Waals surface area contributed by atoms with Crippen molar-refractivity contribution in [3.05, 3.63) is 29.6 Å². The molecule has 5 heteroatoms. The number of hydrogen-bond donors (Lipinski definition) is 1. The Labute approximate surface area is 124 Å². The van der Waals surface area contributed by atoms with Gasteiger partial charge in [-0.05, 0) is 44.0 Å². The molecule has 0 bridgehead atoms. The second-order valence-electron chi connectivity index (χ2n) is 5.71. The van der Waals surface area contributed by atoms with E-state index < -0.39 is 11.4 Å². The number of hydrogen-bond acceptors (Lipinski definition) is 3. The average Bonchev–Trinajstić information content (AvgIpc) is 2.47. The topological polar surface area (TPSA) is 49.8 Å². The van der Waals surface area contributed by atoms with Gasteiger partial charge in [0.05, 0.1) is 12.5 Å². The molecule has 116 valence electrons. The van der Waals surface area contributed by atoms with Crippen molar-refractivity contribution < 1.29 is 19.0 Å². The second kappa shape index (κ2) is 6.43. The predicted octanol–water partition coefficient (Wildman–Crippen LogP) is 2.91. The van der Waals surface area contributed by atoms with Gasteiger partial charge >= 0.3 is 5.97 Å². The lowest BCUT2D eigenvalue weighted by Crippen LogP contribution is -2.47. The molecule has 1 heterocycles. The monoisotopic (exact) mass is 295 g/mol. The third-order valence-corrected chi connectivity index (χ3v) is 4.42.